The standard InChI is InChI=1S/C21H22ClFN4O4/c22-19-13-16(23)4-5-18(19)21(29)24-7-6-20(28)26-10-8-25(9-11-26)14-15-2-1-3-17(12-15)27(30)31/h1-5,12-13H,6-11,14H2,(H,24,29). The molecule has 0 spiro atoms. The van der Waals surface area contributed by atoms with Gasteiger partial charge in [-0.1, -0.05) is 23.7 Å². The Morgan fingerprint density at radius 3 is 2.55 bits per heavy atom. The van der Waals surface area contributed by atoms with Crippen LogP contribution in [0.4, 0.5) is 10.1 Å². The molecule has 0 aromatic heterocycles. The monoisotopic (exact) mass is 448 g/mol. The molecule has 31 heavy (non-hydrogen) atoms. The Kier molecular flexibility index (Phi) is 7.54. The van der Waals surface area contributed by atoms with Gasteiger partial charge in [0.25, 0.3) is 11.6 Å². The number of halogens is 2. The van der Waals surface area contributed by atoms with Crippen LogP contribution in [-0.4, -0.2) is 59.3 Å². The molecule has 1 aliphatic heterocycles. The van der Waals surface area contributed by atoms with E-state index in [0.717, 1.165) is 17.7 Å². The summed E-state index contributed by atoms with van der Waals surface area (Å²) in [7, 11) is 0. The topological polar surface area (TPSA) is 95.8 Å². The third-order valence-electron chi connectivity index (χ3n) is 5.05. The van der Waals surface area contributed by atoms with Crippen LogP contribution >= 0.6 is 11.6 Å². The summed E-state index contributed by atoms with van der Waals surface area (Å²) in [5.41, 5.74) is 1.08. The summed E-state index contributed by atoms with van der Waals surface area (Å²) in [6.07, 6.45) is 0.148. The van der Waals surface area contributed by atoms with Crippen molar-refractivity contribution < 1.29 is 18.9 Å². The fourth-order valence-corrected chi connectivity index (χ4v) is 3.64. The molecular formula is C21H22ClFN4O4. The minimum absolute atomic E-state index is 0.0173. The fourth-order valence-electron chi connectivity index (χ4n) is 3.39. The van der Waals surface area contributed by atoms with E-state index in [0.29, 0.717) is 32.7 Å². The van der Waals surface area contributed by atoms with Crippen LogP contribution in [-0.2, 0) is 11.3 Å². The number of nitrogens with zero attached hydrogens (tertiary/aromatic N) is 3. The summed E-state index contributed by atoms with van der Waals surface area (Å²) in [6, 6.07) is 10.1. The van der Waals surface area contributed by atoms with E-state index < -0.39 is 16.6 Å². The van der Waals surface area contributed by atoms with E-state index in [9.17, 15) is 24.1 Å². The van der Waals surface area contributed by atoms with Crippen molar-refractivity contribution in [2.45, 2.75) is 13.0 Å². The van der Waals surface area contributed by atoms with Crippen molar-refractivity contribution in [2.75, 3.05) is 32.7 Å². The number of piperazine rings is 1. The second-order valence-corrected chi connectivity index (χ2v) is 7.62. The van der Waals surface area contributed by atoms with Gasteiger partial charge in [0.15, 0.2) is 0 Å². The minimum atomic E-state index is -0.527. The first kappa shape index (κ1) is 22.6. The number of non-ortho nitro benzene ring substituents is 1. The molecule has 10 heteroatoms. The molecule has 0 atom stereocenters. The Morgan fingerprint density at radius 2 is 1.87 bits per heavy atom. The van der Waals surface area contributed by atoms with Gasteiger partial charge in [-0.15, -0.1) is 0 Å². The predicted octanol–water partition coefficient (Wildman–Crippen LogP) is 2.85. The molecule has 0 bridgehead atoms. The number of benzene rings is 2. The van der Waals surface area contributed by atoms with Crippen LogP contribution in [0.1, 0.15) is 22.3 Å². The normalized spacial score (nSPS) is 14.3. The number of carbonyl (C=O) groups excluding carboxylic acids is 2. The molecule has 0 saturated carbocycles. The van der Waals surface area contributed by atoms with Gasteiger partial charge in [-0.2, -0.15) is 0 Å². The van der Waals surface area contributed by atoms with Gasteiger partial charge >= 0.3 is 0 Å². The molecule has 1 fully saturated rings. The zero-order valence-electron chi connectivity index (χ0n) is 16.7. The van der Waals surface area contributed by atoms with Crippen molar-refractivity contribution in [1.29, 1.82) is 0 Å². The molecule has 2 amide bonds. The summed E-state index contributed by atoms with van der Waals surface area (Å²) in [6.45, 7) is 3.15. The molecule has 1 heterocycles. The van der Waals surface area contributed by atoms with Crippen LogP contribution < -0.4 is 5.32 Å². The predicted molar refractivity (Wildman–Crippen MR) is 113 cm³/mol. The van der Waals surface area contributed by atoms with E-state index in [4.69, 9.17) is 11.6 Å². The third-order valence-corrected chi connectivity index (χ3v) is 5.37. The second kappa shape index (κ2) is 10.3. The highest BCUT2D eigenvalue weighted by atomic mass is 35.5. The molecule has 1 N–H and O–H groups in total. The molecule has 0 unspecified atom stereocenters. The Labute approximate surface area is 183 Å². The number of hydrogen-bond acceptors (Lipinski definition) is 5. The van der Waals surface area contributed by atoms with Crippen molar-refractivity contribution in [3.63, 3.8) is 0 Å². The number of amides is 2. The Morgan fingerprint density at radius 1 is 1.13 bits per heavy atom. The largest absolute Gasteiger partial charge is 0.351 e. The van der Waals surface area contributed by atoms with Gasteiger partial charge in [0, 0.05) is 57.8 Å². The first-order valence-corrected chi connectivity index (χ1v) is 10.2. The number of nitro groups is 1. The molecule has 164 valence electrons. The molecule has 1 saturated heterocycles. The van der Waals surface area contributed by atoms with Crippen LogP contribution in [0.25, 0.3) is 0 Å². The molecule has 8 nitrogen and oxygen atoms in total. The number of nitro benzene ring substituents is 1. The third kappa shape index (κ3) is 6.22. The number of rotatable bonds is 7. The second-order valence-electron chi connectivity index (χ2n) is 7.21. The maximum atomic E-state index is 13.1. The van der Waals surface area contributed by atoms with Gasteiger partial charge in [0.2, 0.25) is 5.91 Å². The molecule has 3 rings (SSSR count). The zero-order chi connectivity index (χ0) is 22.4. The van der Waals surface area contributed by atoms with E-state index in [-0.39, 0.29) is 35.1 Å². The van der Waals surface area contributed by atoms with Gasteiger partial charge in [0.1, 0.15) is 5.82 Å². The summed E-state index contributed by atoms with van der Waals surface area (Å²) < 4.78 is 13.1. The molecule has 2 aromatic carbocycles. The van der Waals surface area contributed by atoms with E-state index in [1.54, 1.807) is 17.0 Å². The first-order chi connectivity index (χ1) is 14.8. The maximum absolute atomic E-state index is 13.1. The average molecular weight is 449 g/mol. The molecule has 1 aliphatic rings. The summed E-state index contributed by atoms with van der Waals surface area (Å²) >= 11 is 5.87. The lowest BCUT2D eigenvalue weighted by Crippen LogP contribution is -2.48. The smallest absolute Gasteiger partial charge is 0.269 e. The van der Waals surface area contributed by atoms with E-state index in [2.05, 4.69) is 10.2 Å². The van der Waals surface area contributed by atoms with Crippen LogP contribution in [0, 0.1) is 15.9 Å². The lowest BCUT2D eigenvalue weighted by atomic mass is 10.1. The Hall–Kier alpha value is -3.04. The average Bonchev–Trinajstić information content (AvgIpc) is 2.74. The fraction of sp³-hybridized carbons (Fsp3) is 0.333. The molecule has 0 aliphatic carbocycles. The maximum Gasteiger partial charge on any atom is 0.269 e. The van der Waals surface area contributed by atoms with Crippen LogP contribution in [0.3, 0.4) is 0 Å². The number of nitrogens with one attached hydrogen (secondary N) is 1. The van der Waals surface area contributed by atoms with Gasteiger partial charge in [-0.25, -0.2) is 4.39 Å². The van der Waals surface area contributed by atoms with E-state index in [1.807, 2.05) is 6.07 Å². The van der Waals surface area contributed by atoms with E-state index >= 15 is 0 Å². The van der Waals surface area contributed by atoms with Gasteiger partial charge < -0.3 is 10.2 Å². The van der Waals surface area contributed by atoms with Gasteiger partial charge in [-0.3, -0.25) is 24.6 Å². The van der Waals surface area contributed by atoms with Gasteiger partial charge in [0.05, 0.1) is 15.5 Å². The summed E-state index contributed by atoms with van der Waals surface area (Å²) in [4.78, 5) is 38.9. The zero-order valence-corrected chi connectivity index (χ0v) is 17.5. The van der Waals surface area contributed by atoms with Gasteiger partial charge in [-0.05, 0) is 23.8 Å². The Balaban J connectivity index is 1.41. The number of carbonyl (C=O) groups is 2. The molecule has 0 radical (unpaired) electrons. The van der Waals surface area contributed by atoms with Crippen molar-refractivity contribution in [1.82, 2.24) is 15.1 Å². The Bertz CT molecular complexity index is 980. The minimum Gasteiger partial charge on any atom is -0.351 e. The molecule has 2 aromatic rings. The van der Waals surface area contributed by atoms with Crippen molar-refractivity contribution in [3.8, 4) is 0 Å². The summed E-state index contributed by atoms with van der Waals surface area (Å²) in [5.74, 6) is -1.05. The first-order valence-electron chi connectivity index (χ1n) is 9.80. The van der Waals surface area contributed by atoms with Crippen LogP contribution in [0.5, 0.6) is 0 Å². The quantitative estimate of drug-likeness (QED) is 0.519. The van der Waals surface area contributed by atoms with Crippen LogP contribution in [0.2, 0.25) is 5.02 Å². The van der Waals surface area contributed by atoms with Crippen molar-refractivity contribution in [3.05, 3.63) is 74.5 Å². The number of hydrogen-bond donors (Lipinski definition) is 1. The highest BCUT2D eigenvalue weighted by molar-refractivity contribution is 6.33. The van der Waals surface area contributed by atoms with Crippen molar-refractivity contribution >= 4 is 29.1 Å². The lowest BCUT2D eigenvalue weighted by Gasteiger charge is -2.34. The van der Waals surface area contributed by atoms with E-state index in [1.165, 1.54) is 12.1 Å². The van der Waals surface area contributed by atoms with Crippen molar-refractivity contribution in [2.24, 2.45) is 0 Å². The van der Waals surface area contributed by atoms with Crippen LogP contribution in [0.15, 0.2) is 42.5 Å². The SMILES string of the molecule is O=C(NCCC(=O)N1CCN(Cc2cccc([N+](=O)[O-])c2)CC1)c1ccc(F)cc1Cl. The summed E-state index contributed by atoms with van der Waals surface area (Å²) in [5, 5.41) is 13.5. The highest BCUT2D eigenvalue weighted by Gasteiger charge is 2.21. The molecular weight excluding hydrogens is 427 g/mol. The lowest BCUT2D eigenvalue weighted by molar-refractivity contribution is -0.384. The highest BCUT2D eigenvalue weighted by Crippen LogP contribution is 2.17.